The van der Waals surface area contributed by atoms with Crippen molar-refractivity contribution in [3.63, 3.8) is 0 Å². The van der Waals surface area contributed by atoms with Crippen molar-refractivity contribution in [2.45, 2.75) is 50.3 Å². The molecule has 53 heavy (non-hydrogen) atoms. The van der Waals surface area contributed by atoms with Gasteiger partial charge in [0.15, 0.2) is 0 Å². The quantitative estimate of drug-likeness (QED) is 0.107. The Morgan fingerprint density at radius 1 is 0.566 bits per heavy atom. The van der Waals surface area contributed by atoms with E-state index in [1.165, 1.54) is 38.1 Å². The predicted molar refractivity (Wildman–Crippen MR) is 198 cm³/mol. The van der Waals surface area contributed by atoms with Crippen LogP contribution in [0.5, 0.6) is 0 Å². The molecule has 2 aliphatic carbocycles. The molecule has 0 amide bonds. The number of anilines is 2. The third-order valence-electron chi connectivity index (χ3n) is 9.73. The number of halogens is 4. The van der Waals surface area contributed by atoms with E-state index in [-0.39, 0.29) is 35.7 Å². The average molecular weight is 799 g/mol. The first-order chi connectivity index (χ1) is 25.2. The topological polar surface area (TPSA) is 74.8 Å². The molecule has 4 aromatic carbocycles. The molecule has 0 radical (unpaired) electrons. The van der Waals surface area contributed by atoms with Gasteiger partial charge in [0.25, 0.3) is 0 Å². The number of aryl methyl sites for hydroxylation is 2. The maximum atomic E-state index is 17.7. The Morgan fingerprint density at radius 3 is 1.23 bits per heavy atom. The van der Waals surface area contributed by atoms with Crippen molar-refractivity contribution in [2.75, 3.05) is 21.7 Å². The van der Waals surface area contributed by atoms with E-state index < -0.39 is 79.0 Å². The summed E-state index contributed by atoms with van der Waals surface area (Å²) in [5, 5.41) is 0. The van der Waals surface area contributed by atoms with Gasteiger partial charge >= 0.3 is 314 Å². The normalized spacial score (nSPS) is 14.4. The van der Waals surface area contributed by atoms with E-state index >= 15 is 17.6 Å². The van der Waals surface area contributed by atoms with Gasteiger partial charge in [-0.25, -0.2) is 0 Å². The zero-order valence-corrected chi connectivity index (χ0v) is 32.8. The summed E-state index contributed by atoms with van der Waals surface area (Å²) in [6.45, 7) is 6.10. The Labute approximate surface area is 311 Å². The summed E-state index contributed by atoms with van der Waals surface area (Å²) in [6, 6.07) is 15.9. The molecule has 0 fully saturated rings. The second-order valence-corrected chi connectivity index (χ2v) is 22.5. The molecular weight excluding hydrogens is 760 g/mol. The van der Waals surface area contributed by atoms with E-state index in [2.05, 4.69) is 0 Å². The first-order valence-electron chi connectivity index (χ1n) is 17.1. The van der Waals surface area contributed by atoms with Crippen LogP contribution in [0.4, 0.5) is 28.9 Å². The third kappa shape index (κ3) is 6.53. The fourth-order valence-corrected chi connectivity index (χ4v) is 18.4. The van der Waals surface area contributed by atoms with Gasteiger partial charge in [0.2, 0.25) is 0 Å². The minimum absolute atomic E-state index is 0.113. The van der Waals surface area contributed by atoms with Crippen LogP contribution in [0, 0.1) is 37.1 Å². The molecule has 0 bridgehead atoms. The van der Waals surface area contributed by atoms with E-state index in [4.69, 9.17) is 0 Å². The second-order valence-electron chi connectivity index (χ2n) is 12.9. The van der Waals surface area contributed by atoms with Crippen molar-refractivity contribution in [1.29, 1.82) is 0 Å². The number of hydrogen-bond donors (Lipinski definition) is 0. The summed E-state index contributed by atoms with van der Waals surface area (Å²) >= 11 is -5.50. The first kappa shape index (κ1) is 38.5. The van der Waals surface area contributed by atoms with Crippen LogP contribution < -0.4 is 16.3 Å². The number of benzene rings is 4. The third-order valence-corrected chi connectivity index (χ3v) is 21.5. The van der Waals surface area contributed by atoms with Gasteiger partial charge in [-0.05, 0) is 0 Å². The number of sulfonamides is 2. The average Bonchev–Trinajstić information content (AvgIpc) is 3.87. The molecule has 0 atom stereocenters. The van der Waals surface area contributed by atoms with Gasteiger partial charge in [-0.15, -0.1) is 0 Å². The molecule has 2 aliphatic rings. The van der Waals surface area contributed by atoms with Gasteiger partial charge in [0.05, 0.1) is 0 Å². The summed E-state index contributed by atoms with van der Waals surface area (Å²) in [6.07, 6.45) is 10.2. The SMILES string of the molecule is CCN(c1ccc(F)[c]([Ti]([C]2=CC=CC2)([C]2=CC=CC2)[c]2c(F)ccc(N(CC)S(=O)(=O)c3ccc(C)cc3)c2F)c1F)S(=O)(=O)c1ccc(C)cc1. The van der Waals surface area contributed by atoms with E-state index in [9.17, 15) is 16.8 Å². The molecule has 6 rings (SSSR count). The van der Waals surface area contributed by atoms with Crippen molar-refractivity contribution >= 4 is 39.2 Å². The Balaban J connectivity index is 1.67. The van der Waals surface area contributed by atoms with Crippen LogP contribution in [-0.2, 0) is 36.6 Å². The van der Waals surface area contributed by atoms with Crippen molar-refractivity contribution in [2.24, 2.45) is 0 Å². The van der Waals surface area contributed by atoms with Crippen LogP contribution in [0.3, 0.4) is 0 Å². The van der Waals surface area contributed by atoms with Crippen LogP contribution in [0.2, 0.25) is 0 Å². The maximum absolute atomic E-state index is 17.7. The van der Waals surface area contributed by atoms with Crippen molar-refractivity contribution in [3.05, 3.63) is 151 Å². The zero-order chi connectivity index (χ0) is 38.3. The van der Waals surface area contributed by atoms with Crippen LogP contribution in [-0.4, -0.2) is 29.9 Å². The van der Waals surface area contributed by atoms with Gasteiger partial charge in [0, 0.05) is 0 Å². The van der Waals surface area contributed by atoms with Crippen molar-refractivity contribution in [3.8, 4) is 0 Å². The zero-order valence-electron chi connectivity index (χ0n) is 29.6. The molecule has 6 nitrogen and oxygen atoms in total. The molecule has 0 aromatic heterocycles. The monoisotopic (exact) mass is 798 g/mol. The molecular formula is C40H38F4N2O4S2Ti. The molecule has 0 unspecified atom stereocenters. The summed E-state index contributed by atoms with van der Waals surface area (Å²) < 4.78 is 126. The van der Waals surface area contributed by atoms with Crippen molar-refractivity contribution in [1.82, 2.24) is 0 Å². The molecule has 0 spiro atoms. The second kappa shape index (κ2) is 14.9. The van der Waals surface area contributed by atoms with Crippen LogP contribution >= 0.6 is 0 Å². The van der Waals surface area contributed by atoms with Crippen LogP contribution in [0.1, 0.15) is 37.8 Å². The predicted octanol–water partition coefficient (Wildman–Crippen LogP) is 8.08. The number of allylic oxidation sites excluding steroid dienone is 8. The minimum atomic E-state index is -5.50. The molecule has 276 valence electrons. The molecule has 0 heterocycles. The standard InChI is InChI=1S/2C15H14F2NO2S.2C5H5.Ti/c2*1-3-18(15-9-6-12(16)10-14(15)17)21(19,20)13-7-4-11(2)5-8-13;2*1-2-4-5-3-1;/h2*4-9H,3H2,1-2H3;2*1-3H,4H2;. The van der Waals surface area contributed by atoms with Gasteiger partial charge in [-0.3, -0.25) is 0 Å². The summed E-state index contributed by atoms with van der Waals surface area (Å²) in [5.74, 6) is -4.71. The summed E-state index contributed by atoms with van der Waals surface area (Å²) in [7, 11) is -8.78. The van der Waals surface area contributed by atoms with E-state index in [0.717, 1.165) is 44.0 Å². The molecule has 0 aliphatic heterocycles. The molecule has 0 saturated carbocycles. The Hall–Kier alpha value is -4.23. The fourth-order valence-electron chi connectivity index (χ4n) is 7.19. The van der Waals surface area contributed by atoms with Crippen LogP contribution in [0.25, 0.3) is 0 Å². The summed E-state index contributed by atoms with van der Waals surface area (Å²) in [4.78, 5) is -0.236. The number of hydrogen-bond acceptors (Lipinski definition) is 4. The van der Waals surface area contributed by atoms with E-state index in [1.54, 1.807) is 74.6 Å². The van der Waals surface area contributed by atoms with Gasteiger partial charge < -0.3 is 0 Å². The summed E-state index contributed by atoms with van der Waals surface area (Å²) in [5.41, 5.74) is 0.645. The molecule has 0 saturated heterocycles. The molecule has 0 N–H and O–H groups in total. The van der Waals surface area contributed by atoms with Crippen molar-refractivity contribution < 1.29 is 51.0 Å². The number of nitrogens with zero attached hydrogens (tertiary/aromatic N) is 2. The Bertz CT molecular complexity index is 2260. The fraction of sp³-hybridized carbons (Fsp3) is 0.200. The van der Waals surface area contributed by atoms with Gasteiger partial charge in [-0.1, -0.05) is 0 Å². The van der Waals surface area contributed by atoms with Crippen LogP contribution in [0.15, 0.2) is 127 Å². The van der Waals surface area contributed by atoms with Gasteiger partial charge in [-0.2, -0.15) is 0 Å². The number of rotatable bonds is 12. The Kier molecular flexibility index (Phi) is 10.8. The Morgan fingerprint density at radius 2 is 0.925 bits per heavy atom. The molecule has 13 heteroatoms. The van der Waals surface area contributed by atoms with E-state index in [0.29, 0.717) is 7.76 Å². The van der Waals surface area contributed by atoms with E-state index in [1.807, 2.05) is 0 Å². The molecule has 4 aromatic rings. The first-order valence-corrected chi connectivity index (χ1v) is 23.1. The van der Waals surface area contributed by atoms with Gasteiger partial charge in [0.1, 0.15) is 0 Å².